The molecule has 19 heavy (non-hydrogen) atoms. The molecule has 2 nitrogen and oxygen atoms in total. The Hall–Kier alpha value is -0.340. The highest BCUT2D eigenvalue weighted by Gasteiger charge is 2.36. The Bertz CT molecular complexity index is 306. The first-order chi connectivity index (χ1) is 9.31. The molecule has 0 aliphatic heterocycles. The van der Waals surface area contributed by atoms with Gasteiger partial charge in [0.05, 0.1) is 12.2 Å². The smallest absolute Gasteiger partial charge is 0.0575 e. The molecule has 0 aromatic rings. The number of ether oxygens (including phenoxy) is 1. The molecule has 2 bridgehead atoms. The van der Waals surface area contributed by atoms with Crippen LogP contribution in [0.2, 0.25) is 0 Å². The molecular formula is C17H28O2. The normalized spacial score (nSPS) is 35.3. The highest BCUT2D eigenvalue weighted by Crippen LogP contribution is 2.45. The fourth-order valence-corrected chi connectivity index (χ4v) is 4.26. The minimum Gasteiger partial charge on any atom is -0.393 e. The maximum atomic E-state index is 10.2. The third kappa shape index (κ3) is 3.61. The molecule has 3 aliphatic rings. The molecule has 0 amide bonds. The van der Waals surface area contributed by atoms with Gasteiger partial charge in [-0.3, -0.25) is 0 Å². The van der Waals surface area contributed by atoms with E-state index in [0.717, 1.165) is 43.6 Å². The Morgan fingerprint density at radius 3 is 2.68 bits per heavy atom. The van der Waals surface area contributed by atoms with Gasteiger partial charge < -0.3 is 9.84 Å². The molecular weight excluding hydrogens is 236 g/mol. The maximum absolute atomic E-state index is 10.2. The van der Waals surface area contributed by atoms with Gasteiger partial charge in [-0.25, -0.2) is 0 Å². The van der Waals surface area contributed by atoms with E-state index in [2.05, 4.69) is 12.2 Å². The van der Waals surface area contributed by atoms with Gasteiger partial charge >= 0.3 is 0 Å². The zero-order valence-corrected chi connectivity index (χ0v) is 12.0. The highest BCUT2D eigenvalue weighted by molar-refractivity contribution is 5.10. The van der Waals surface area contributed by atoms with Crippen LogP contribution in [0.25, 0.3) is 0 Å². The summed E-state index contributed by atoms with van der Waals surface area (Å²) in [7, 11) is 0. The fraction of sp³-hybridized carbons (Fsp3) is 0.882. The van der Waals surface area contributed by atoms with E-state index in [1.165, 1.54) is 38.5 Å². The van der Waals surface area contributed by atoms with E-state index < -0.39 is 0 Å². The van der Waals surface area contributed by atoms with Crippen LogP contribution in [-0.4, -0.2) is 23.9 Å². The number of aliphatic hydroxyl groups is 1. The van der Waals surface area contributed by atoms with Crippen molar-refractivity contribution in [2.75, 3.05) is 6.61 Å². The summed E-state index contributed by atoms with van der Waals surface area (Å²) in [6.07, 6.45) is 16.0. The van der Waals surface area contributed by atoms with Crippen LogP contribution in [0, 0.1) is 17.8 Å². The summed E-state index contributed by atoms with van der Waals surface area (Å²) in [5, 5.41) is 10.2. The lowest BCUT2D eigenvalue weighted by Crippen LogP contribution is -2.18. The molecule has 0 aromatic heterocycles. The SMILES string of the molecule is OC(CCCOC1CCCC1)CC1CC2C=CC1C2. The standard InChI is InChI=1S/C17H28O2/c18-16(4-3-9-19-17-5-1-2-6-17)12-15-11-13-7-8-14(15)10-13/h7-8,13-18H,1-6,9-12H2. The molecule has 3 aliphatic carbocycles. The largest absolute Gasteiger partial charge is 0.393 e. The molecule has 0 heterocycles. The second-order valence-corrected chi connectivity index (χ2v) is 6.85. The van der Waals surface area contributed by atoms with Gasteiger partial charge in [0.2, 0.25) is 0 Å². The number of hydrogen-bond acceptors (Lipinski definition) is 2. The van der Waals surface area contributed by atoms with Gasteiger partial charge in [0.25, 0.3) is 0 Å². The molecule has 4 unspecified atom stereocenters. The van der Waals surface area contributed by atoms with Gasteiger partial charge in [0, 0.05) is 6.61 Å². The number of rotatable bonds is 7. The summed E-state index contributed by atoms with van der Waals surface area (Å²) in [5.74, 6) is 2.35. The van der Waals surface area contributed by atoms with E-state index in [1.54, 1.807) is 0 Å². The van der Waals surface area contributed by atoms with Crippen LogP contribution in [0.1, 0.15) is 57.8 Å². The van der Waals surface area contributed by atoms with Crippen LogP contribution in [0.5, 0.6) is 0 Å². The highest BCUT2D eigenvalue weighted by atomic mass is 16.5. The van der Waals surface area contributed by atoms with Crippen molar-refractivity contribution in [3.63, 3.8) is 0 Å². The molecule has 0 saturated heterocycles. The van der Waals surface area contributed by atoms with Gasteiger partial charge in [0.15, 0.2) is 0 Å². The van der Waals surface area contributed by atoms with Crippen LogP contribution in [0.4, 0.5) is 0 Å². The first kappa shape index (κ1) is 13.6. The van der Waals surface area contributed by atoms with E-state index in [-0.39, 0.29) is 6.10 Å². The van der Waals surface area contributed by atoms with Crippen LogP contribution in [0.3, 0.4) is 0 Å². The summed E-state index contributed by atoms with van der Waals surface area (Å²) in [6, 6.07) is 0. The van der Waals surface area contributed by atoms with Crippen LogP contribution in [0.15, 0.2) is 12.2 Å². The average molecular weight is 264 g/mol. The second-order valence-electron chi connectivity index (χ2n) is 6.85. The van der Waals surface area contributed by atoms with Gasteiger partial charge in [-0.05, 0) is 62.7 Å². The Kier molecular flexibility index (Phi) is 4.60. The lowest BCUT2D eigenvalue weighted by atomic mass is 9.87. The summed E-state index contributed by atoms with van der Waals surface area (Å²) >= 11 is 0. The third-order valence-electron chi connectivity index (χ3n) is 5.33. The molecule has 2 heteroatoms. The first-order valence-electron chi connectivity index (χ1n) is 8.29. The van der Waals surface area contributed by atoms with Crippen molar-refractivity contribution in [2.45, 2.75) is 70.0 Å². The third-order valence-corrected chi connectivity index (χ3v) is 5.33. The van der Waals surface area contributed by atoms with E-state index in [0.29, 0.717) is 6.10 Å². The minimum atomic E-state index is -0.107. The van der Waals surface area contributed by atoms with Crippen molar-refractivity contribution in [1.29, 1.82) is 0 Å². The van der Waals surface area contributed by atoms with E-state index in [1.807, 2.05) is 0 Å². The Morgan fingerprint density at radius 2 is 2.00 bits per heavy atom. The van der Waals surface area contributed by atoms with Gasteiger partial charge in [0.1, 0.15) is 0 Å². The lowest BCUT2D eigenvalue weighted by Gasteiger charge is -2.21. The summed E-state index contributed by atoms with van der Waals surface area (Å²) in [5.41, 5.74) is 0. The topological polar surface area (TPSA) is 29.5 Å². The van der Waals surface area contributed by atoms with Crippen LogP contribution < -0.4 is 0 Å². The van der Waals surface area contributed by atoms with Crippen LogP contribution in [-0.2, 0) is 4.74 Å². The zero-order valence-electron chi connectivity index (χ0n) is 12.0. The maximum Gasteiger partial charge on any atom is 0.0575 e. The molecule has 0 radical (unpaired) electrons. The number of fused-ring (bicyclic) bond motifs is 2. The number of aliphatic hydroxyl groups excluding tert-OH is 1. The molecule has 2 fully saturated rings. The molecule has 1 N–H and O–H groups in total. The predicted octanol–water partition coefficient (Wildman–Crippen LogP) is 3.69. The molecule has 2 saturated carbocycles. The molecule has 3 rings (SSSR count). The number of hydrogen-bond donors (Lipinski definition) is 1. The first-order valence-corrected chi connectivity index (χ1v) is 8.29. The molecule has 4 atom stereocenters. The van der Waals surface area contributed by atoms with E-state index in [9.17, 15) is 5.11 Å². The Morgan fingerprint density at radius 1 is 1.16 bits per heavy atom. The zero-order chi connectivity index (χ0) is 13.1. The fourth-order valence-electron chi connectivity index (χ4n) is 4.26. The molecule has 108 valence electrons. The van der Waals surface area contributed by atoms with E-state index in [4.69, 9.17) is 4.74 Å². The van der Waals surface area contributed by atoms with E-state index >= 15 is 0 Å². The number of allylic oxidation sites excluding steroid dienone is 2. The Balaban J connectivity index is 1.27. The molecule has 0 spiro atoms. The van der Waals surface area contributed by atoms with Crippen molar-refractivity contribution in [3.8, 4) is 0 Å². The average Bonchev–Trinajstić information content (AvgIpc) is 3.11. The lowest BCUT2D eigenvalue weighted by molar-refractivity contribution is 0.0445. The predicted molar refractivity (Wildman–Crippen MR) is 76.9 cm³/mol. The van der Waals surface area contributed by atoms with Crippen molar-refractivity contribution >= 4 is 0 Å². The van der Waals surface area contributed by atoms with Crippen LogP contribution >= 0.6 is 0 Å². The Labute approximate surface area is 117 Å². The summed E-state index contributed by atoms with van der Waals surface area (Å²) in [4.78, 5) is 0. The second kappa shape index (κ2) is 6.41. The van der Waals surface area contributed by atoms with Crippen molar-refractivity contribution in [2.24, 2.45) is 17.8 Å². The van der Waals surface area contributed by atoms with Crippen molar-refractivity contribution in [1.82, 2.24) is 0 Å². The van der Waals surface area contributed by atoms with Gasteiger partial charge in [-0.2, -0.15) is 0 Å². The molecule has 0 aromatic carbocycles. The quantitative estimate of drug-likeness (QED) is 0.561. The summed E-state index contributed by atoms with van der Waals surface area (Å²) in [6.45, 7) is 0.846. The van der Waals surface area contributed by atoms with Crippen molar-refractivity contribution in [3.05, 3.63) is 12.2 Å². The van der Waals surface area contributed by atoms with Gasteiger partial charge in [-0.1, -0.05) is 25.0 Å². The monoisotopic (exact) mass is 264 g/mol. The van der Waals surface area contributed by atoms with Gasteiger partial charge in [-0.15, -0.1) is 0 Å². The summed E-state index contributed by atoms with van der Waals surface area (Å²) < 4.78 is 5.85. The van der Waals surface area contributed by atoms with Crippen molar-refractivity contribution < 1.29 is 9.84 Å². The minimum absolute atomic E-state index is 0.107.